The second kappa shape index (κ2) is 6.44. The van der Waals surface area contributed by atoms with Gasteiger partial charge in [-0.2, -0.15) is 0 Å². The van der Waals surface area contributed by atoms with Gasteiger partial charge in [-0.05, 0) is 17.9 Å². The first kappa shape index (κ1) is 17.4. The predicted octanol–water partition coefficient (Wildman–Crippen LogP) is 4.54. The predicted molar refractivity (Wildman–Crippen MR) is 99.2 cm³/mol. The number of fused-ring (bicyclic) bond motifs is 1. The highest BCUT2D eigenvalue weighted by Gasteiger charge is 2.20. The molecule has 0 atom stereocenters. The molecule has 0 amide bonds. The third-order valence-corrected chi connectivity index (χ3v) is 5.00. The molecule has 0 aliphatic carbocycles. The molecular weight excluding hydrogens is 336 g/mol. The maximum Gasteiger partial charge on any atom is 0.360 e. The summed E-state index contributed by atoms with van der Waals surface area (Å²) in [4.78, 5) is 20.4. The quantitative estimate of drug-likeness (QED) is 0.698. The minimum absolute atomic E-state index is 0.0763. The topological polar surface area (TPSA) is 72.3 Å². The summed E-state index contributed by atoms with van der Waals surface area (Å²) in [7, 11) is 0. The van der Waals surface area contributed by atoms with Crippen molar-refractivity contribution < 1.29 is 14.6 Å². The monoisotopic (exact) mass is 356 g/mol. The van der Waals surface area contributed by atoms with Crippen LogP contribution in [0.25, 0.3) is 20.8 Å². The summed E-state index contributed by atoms with van der Waals surface area (Å²) in [5, 5.41) is 11.1. The van der Waals surface area contributed by atoms with E-state index in [1.807, 2.05) is 12.1 Å². The molecule has 0 bridgehead atoms. The van der Waals surface area contributed by atoms with E-state index >= 15 is 0 Å². The largest absolute Gasteiger partial charge is 0.504 e. The smallest absolute Gasteiger partial charge is 0.360 e. The summed E-state index contributed by atoms with van der Waals surface area (Å²) in [6, 6.07) is 8.22. The first-order valence-corrected chi connectivity index (χ1v) is 8.89. The van der Waals surface area contributed by atoms with Crippen LogP contribution in [0, 0.1) is 0 Å². The van der Waals surface area contributed by atoms with Gasteiger partial charge < -0.3 is 9.84 Å². The van der Waals surface area contributed by atoms with Crippen molar-refractivity contribution in [2.75, 3.05) is 6.61 Å². The summed E-state index contributed by atoms with van der Waals surface area (Å²) < 4.78 is 5.45. The number of hydrogen-bond acceptors (Lipinski definition) is 6. The van der Waals surface area contributed by atoms with Crippen molar-refractivity contribution >= 4 is 27.5 Å². The van der Waals surface area contributed by atoms with E-state index in [-0.39, 0.29) is 23.5 Å². The average Bonchev–Trinajstić information content (AvgIpc) is 3.00. The van der Waals surface area contributed by atoms with E-state index in [9.17, 15) is 9.90 Å². The van der Waals surface area contributed by atoms with Crippen LogP contribution in [0.2, 0.25) is 0 Å². The Balaban J connectivity index is 2.01. The van der Waals surface area contributed by atoms with Crippen LogP contribution in [0.4, 0.5) is 0 Å². The van der Waals surface area contributed by atoms with Gasteiger partial charge in [-0.3, -0.25) is 0 Å². The summed E-state index contributed by atoms with van der Waals surface area (Å²) in [6.07, 6.45) is 1.49. The molecule has 0 spiro atoms. The summed E-state index contributed by atoms with van der Waals surface area (Å²) in [5.74, 6) is -0.808. The molecule has 0 aliphatic rings. The SMILES string of the molecule is CCOC(=O)c1ncc2nc(-c3ccc(C(C)(C)C)cc3)sc2c1O. The van der Waals surface area contributed by atoms with Crippen LogP contribution in [0.1, 0.15) is 43.7 Å². The van der Waals surface area contributed by atoms with Gasteiger partial charge in [0, 0.05) is 5.56 Å². The number of hydrogen-bond donors (Lipinski definition) is 1. The van der Waals surface area contributed by atoms with Crippen molar-refractivity contribution in [1.82, 2.24) is 9.97 Å². The van der Waals surface area contributed by atoms with Crippen LogP contribution < -0.4 is 0 Å². The highest BCUT2D eigenvalue weighted by Crippen LogP contribution is 2.37. The van der Waals surface area contributed by atoms with E-state index in [1.54, 1.807) is 6.92 Å². The molecule has 1 aromatic carbocycles. The normalized spacial score (nSPS) is 11.7. The fourth-order valence-corrected chi connectivity index (χ4v) is 3.46. The molecular formula is C19H20N2O3S. The molecule has 5 nitrogen and oxygen atoms in total. The Bertz CT molecular complexity index is 924. The van der Waals surface area contributed by atoms with Crippen molar-refractivity contribution in [2.45, 2.75) is 33.1 Å². The summed E-state index contributed by atoms with van der Waals surface area (Å²) >= 11 is 1.33. The van der Waals surface area contributed by atoms with Crippen molar-refractivity contribution in [1.29, 1.82) is 0 Å². The van der Waals surface area contributed by atoms with Crippen LogP contribution in [-0.2, 0) is 10.2 Å². The molecule has 0 fully saturated rings. The molecule has 25 heavy (non-hydrogen) atoms. The molecule has 2 aromatic heterocycles. The van der Waals surface area contributed by atoms with Crippen molar-refractivity contribution in [3.8, 4) is 16.3 Å². The maximum atomic E-state index is 11.9. The number of thiazole rings is 1. The molecule has 130 valence electrons. The molecule has 0 saturated heterocycles. The number of ether oxygens (including phenoxy) is 1. The van der Waals surface area contributed by atoms with Gasteiger partial charge in [0.25, 0.3) is 0 Å². The zero-order valence-corrected chi connectivity index (χ0v) is 15.5. The van der Waals surface area contributed by atoms with Gasteiger partial charge >= 0.3 is 5.97 Å². The molecule has 1 N–H and O–H groups in total. The Kier molecular flexibility index (Phi) is 4.47. The van der Waals surface area contributed by atoms with Crippen molar-refractivity contribution in [3.05, 3.63) is 41.7 Å². The Morgan fingerprint density at radius 1 is 1.24 bits per heavy atom. The molecule has 2 heterocycles. The number of carbonyl (C=O) groups is 1. The zero-order chi connectivity index (χ0) is 18.2. The van der Waals surface area contributed by atoms with Gasteiger partial charge in [0.05, 0.1) is 12.8 Å². The minimum atomic E-state index is -0.633. The lowest BCUT2D eigenvalue weighted by Crippen LogP contribution is -2.10. The molecule has 0 radical (unpaired) electrons. The second-order valence-electron chi connectivity index (χ2n) is 6.74. The van der Waals surface area contributed by atoms with E-state index in [1.165, 1.54) is 23.1 Å². The van der Waals surface area contributed by atoms with Crippen molar-refractivity contribution in [2.24, 2.45) is 0 Å². The number of benzene rings is 1. The number of pyridine rings is 1. The maximum absolute atomic E-state index is 11.9. The lowest BCUT2D eigenvalue weighted by molar-refractivity contribution is 0.0516. The molecule has 3 rings (SSSR count). The second-order valence-corrected chi connectivity index (χ2v) is 7.74. The van der Waals surface area contributed by atoms with E-state index in [4.69, 9.17) is 4.74 Å². The number of carbonyl (C=O) groups excluding carboxylic acids is 1. The molecule has 0 saturated carbocycles. The van der Waals surface area contributed by atoms with Gasteiger partial charge in [0.1, 0.15) is 15.2 Å². The van der Waals surface area contributed by atoms with E-state index in [2.05, 4.69) is 42.9 Å². The highest BCUT2D eigenvalue weighted by molar-refractivity contribution is 7.22. The van der Waals surface area contributed by atoms with Crippen LogP contribution in [0.5, 0.6) is 5.75 Å². The van der Waals surface area contributed by atoms with E-state index in [0.29, 0.717) is 10.2 Å². The van der Waals surface area contributed by atoms with Crippen LogP contribution >= 0.6 is 11.3 Å². The Hall–Kier alpha value is -2.47. The third kappa shape index (κ3) is 3.35. The van der Waals surface area contributed by atoms with Gasteiger partial charge in [0.15, 0.2) is 11.4 Å². The minimum Gasteiger partial charge on any atom is -0.504 e. The highest BCUT2D eigenvalue weighted by atomic mass is 32.1. The fraction of sp³-hybridized carbons (Fsp3) is 0.316. The number of aromatic nitrogens is 2. The van der Waals surface area contributed by atoms with Gasteiger partial charge in [0.2, 0.25) is 0 Å². The Morgan fingerprint density at radius 3 is 2.52 bits per heavy atom. The number of esters is 1. The van der Waals surface area contributed by atoms with E-state index in [0.717, 1.165) is 10.6 Å². The number of aromatic hydroxyl groups is 1. The zero-order valence-electron chi connectivity index (χ0n) is 14.7. The lowest BCUT2D eigenvalue weighted by atomic mass is 9.87. The molecule has 0 aliphatic heterocycles. The van der Waals surface area contributed by atoms with Crippen LogP contribution in [0.15, 0.2) is 30.5 Å². The Labute approximate surface area is 150 Å². The van der Waals surface area contributed by atoms with Gasteiger partial charge in [-0.1, -0.05) is 45.0 Å². The number of rotatable bonds is 3. The summed E-state index contributed by atoms with van der Waals surface area (Å²) in [5.41, 5.74) is 2.78. The van der Waals surface area contributed by atoms with Crippen molar-refractivity contribution in [3.63, 3.8) is 0 Å². The van der Waals surface area contributed by atoms with E-state index < -0.39 is 5.97 Å². The first-order valence-electron chi connectivity index (χ1n) is 8.07. The van der Waals surface area contributed by atoms with Gasteiger partial charge in [-0.15, -0.1) is 11.3 Å². The average molecular weight is 356 g/mol. The summed E-state index contributed by atoms with van der Waals surface area (Å²) in [6.45, 7) is 8.44. The van der Waals surface area contributed by atoms with Crippen LogP contribution in [0.3, 0.4) is 0 Å². The molecule has 3 aromatic rings. The standard InChI is InChI=1S/C19H20N2O3S/c1-5-24-18(23)14-15(22)16-13(10-20-14)21-17(25-16)11-6-8-12(9-7-11)19(2,3)4/h6-10,22H,5H2,1-4H3. The Morgan fingerprint density at radius 2 is 1.92 bits per heavy atom. The number of nitrogens with zero attached hydrogens (tertiary/aromatic N) is 2. The first-order chi connectivity index (χ1) is 11.8. The fourth-order valence-electron chi connectivity index (χ4n) is 2.47. The van der Waals surface area contributed by atoms with Crippen LogP contribution in [-0.4, -0.2) is 27.7 Å². The molecule has 6 heteroatoms. The third-order valence-electron chi connectivity index (χ3n) is 3.88. The van der Waals surface area contributed by atoms with Gasteiger partial charge in [-0.25, -0.2) is 14.8 Å². The lowest BCUT2D eigenvalue weighted by Gasteiger charge is -2.18. The molecule has 0 unspecified atom stereocenters.